The van der Waals surface area contributed by atoms with Crippen LogP contribution in [0.5, 0.6) is 0 Å². The van der Waals surface area contributed by atoms with E-state index in [1.807, 2.05) is 32.2 Å². The Morgan fingerprint density at radius 1 is 1.19 bits per heavy atom. The van der Waals surface area contributed by atoms with E-state index in [-0.39, 0.29) is 24.2 Å². The number of ether oxygens (including phenoxy) is 2. The van der Waals surface area contributed by atoms with E-state index in [2.05, 4.69) is 48.7 Å². The average molecular weight is 449 g/mol. The fourth-order valence-electron chi connectivity index (χ4n) is 4.50. The number of fused-ring (bicyclic) bond motifs is 2. The van der Waals surface area contributed by atoms with Crippen molar-refractivity contribution in [3.05, 3.63) is 58.0 Å². The Bertz CT molecular complexity index is 1020. The SMILES string of the molecule is CC1(C)O[C@@H]2[C@H](O1)[C@@H](c1cccc(Br)c1)C[C@H]2n1ccc2c(Cl)ncnc21. The molecule has 4 atom stereocenters. The van der Waals surface area contributed by atoms with Crippen molar-refractivity contribution in [1.82, 2.24) is 14.5 Å². The summed E-state index contributed by atoms with van der Waals surface area (Å²) in [5, 5.41) is 1.33. The monoisotopic (exact) mass is 447 g/mol. The summed E-state index contributed by atoms with van der Waals surface area (Å²) in [4.78, 5) is 8.56. The molecule has 0 unspecified atom stereocenters. The molecule has 2 aromatic heterocycles. The van der Waals surface area contributed by atoms with Gasteiger partial charge in [0.25, 0.3) is 0 Å². The molecule has 140 valence electrons. The summed E-state index contributed by atoms with van der Waals surface area (Å²) in [6, 6.07) is 10.5. The van der Waals surface area contributed by atoms with Crippen molar-refractivity contribution in [2.75, 3.05) is 0 Å². The molecule has 0 radical (unpaired) electrons. The number of halogens is 2. The largest absolute Gasteiger partial charge is 0.344 e. The summed E-state index contributed by atoms with van der Waals surface area (Å²) < 4.78 is 15.9. The average Bonchev–Trinajstić information content (AvgIpc) is 3.26. The molecule has 0 spiro atoms. The first-order valence-electron chi connectivity index (χ1n) is 9.01. The molecule has 5 rings (SSSR count). The standard InChI is InChI=1S/C20H19BrClN3O2/c1-20(2)26-16-14(11-4-3-5-12(21)8-11)9-15(17(16)27-20)25-7-6-13-18(22)23-10-24-19(13)25/h3-8,10,14-17H,9H2,1-2H3/t14-,15-,16-,17+/m1/s1. The lowest BCUT2D eigenvalue weighted by Gasteiger charge is -2.24. The lowest BCUT2D eigenvalue weighted by Crippen LogP contribution is -2.27. The van der Waals surface area contributed by atoms with Crippen LogP contribution in [0.1, 0.15) is 37.8 Å². The summed E-state index contributed by atoms with van der Waals surface area (Å²) in [7, 11) is 0. The molecular formula is C20H19BrClN3O2. The smallest absolute Gasteiger partial charge is 0.163 e. The number of hydrogen-bond donors (Lipinski definition) is 0. The van der Waals surface area contributed by atoms with Gasteiger partial charge in [-0.2, -0.15) is 0 Å². The first-order valence-corrected chi connectivity index (χ1v) is 10.2. The highest BCUT2D eigenvalue weighted by Gasteiger charge is 2.55. The maximum atomic E-state index is 6.34. The highest BCUT2D eigenvalue weighted by molar-refractivity contribution is 9.10. The van der Waals surface area contributed by atoms with Crippen LogP contribution in [0.15, 0.2) is 47.3 Å². The molecular weight excluding hydrogens is 430 g/mol. The van der Waals surface area contributed by atoms with Crippen LogP contribution in [-0.2, 0) is 9.47 Å². The van der Waals surface area contributed by atoms with E-state index in [9.17, 15) is 0 Å². The molecule has 1 saturated heterocycles. The van der Waals surface area contributed by atoms with E-state index >= 15 is 0 Å². The van der Waals surface area contributed by atoms with Crippen molar-refractivity contribution >= 4 is 38.6 Å². The zero-order valence-corrected chi connectivity index (χ0v) is 17.3. The topological polar surface area (TPSA) is 49.2 Å². The summed E-state index contributed by atoms with van der Waals surface area (Å²) in [6.07, 6.45) is 4.40. The van der Waals surface area contributed by atoms with Gasteiger partial charge in [-0.3, -0.25) is 0 Å². The van der Waals surface area contributed by atoms with Gasteiger partial charge in [0.15, 0.2) is 5.79 Å². The van der Waals surface area contributed by atoms with Crippen LogP contribution in [0.4, 0.5) is 0 Å². The molecule has 1 aliphatic carbocycles. The number of hydrogen-bond acceptors (Lipinski definition) is 4. The lowest BCUT2D eigenvalue weighted by molar-refractivity contribution is -0.157. The number of aromatic nitrogens is 3. The van der Waals surface area contributed by atoms with E-state index in [0.29, 0.717) is 5.15 Å². The minimum atomic E-state index is -0.603. The van der Waals surface area contributed by atoms with Gasteiger partial charge < -0.3 is 14.0 Å². The molecule has 0 bridgehead atoms. The first kappa shape index (κ1) is 17.6. The van der Waals surface area contributed by atoms with E-state index in [4.69, 9.17) is 21.1 Å². The summed E-state index contributed by atoms with van der Waals surface area (Å²) >= 11 is 9.84. The van der Waals surface area contributed by atoms with Crippen molar-refractivity contribution in [3.63, 3.8) is 0 Å². The van der Waals surface area contributed by atoms with Crippen molar-refractivity contribution in [2.45, 2.75) is 50.2 Å². The minimum Gasteiger partial charge on any atom is -0.344 e. The predicted octanol–water partition coefficient (Wildman–Crippen LogP) is 5.10. The second kappa shape index (κ2) is 6.27. The Balaban J connectivity index is 1.59. The number of benzene rings is 1. The van der Waals surface area contributed by atoms with Gasteiger partial charge in [0.1, 0.15) is 23.2 Å². The Morgan fingerprint density at radius 3 is 2.81 bits per heavy atom. The van der Waals surface area contributed by atoms with E-state index in [1.165, 1.54) is 11.9 Å². The molecule has 27 heavy (non-hydrogen) atoms. The quantitative estimate of drug-likeness (QED) is 0.512. The van der Waals surface area contributed by atoms with Crippen molar-refractivity contribution in [3.8, 4) is 0 Å². The molecule has 7 heteroatoms. The molecule has 0 amide bonds. The zero-order chi connectivity index (χ0) is 18.8. The fraction of sp³-hybridized carbons (Fsp3) is 0.400. The molecule has 0 N–H and O–H groups in total. The summed E-state index contributed by atoms with van der Waals surface area (Å²) in [6.45, 7) is 3.96. The van der Waals surface area contributed by atoms with E-state index < -0.39 is 5.79 Å². The predicted molar refractivity (Wildman–Crippen MR) is 107 cm³/mol. The second-order valence-electron chi connectivity index (χ2n) is 7.65. The highest BCUT2D eigenvalue weighted by atomic mass is 79.9. The van der Waals surface area contributed by atoms with Crippen LogP contribution in [0.25, 0.3) is 11.0 Å². The van der Waals surface area contributed by atoms with Crippen molar-refractivity contribution in [2.24, 2.45) is 0 Å². The Kier molecular flexibility index (Phi) is 4.09. The lowest BCUT2D eigenvalue weighted by atomic mass is 9.95. The fourth-order valence-corrected chi connectivity index (χ4v) is 5.10. The van der Waals surface area contributed by atoms with Crippen molar-refractivity contribution < 1.29 is 9.47 Å². The van der Waals surface area contributed by atoms with Crippen LogP contribution in [0.3, 0.4) is 0 Å². The molecule has 1 aromatic carbocycles. The Hall–Kier alpha value is -1.47. The molecule has 5 nitrogen and oxygen atoms in total. The van der Waals surface area contributed by atoms with Gasteiger partial charge in [-0.1, -0.05) is 39.7 Å². The van der Waals surface area contributed by atoms with Gasteiger partial charge in [-0.25, -0.2) is 9.97 Å². The molecule has 3 aromatic rings. The molecule has 3 heterocycles. The third-order valence-corrected chi connectivity index (χ3v) is 6.32. The van der Waals surface area contributed by atoms with Crippen LogP contribution in [0.2, 0.25) is 5.15 Å². The van der Waals surface area contributed by atoms with Crippen LogP contribution in [0, 0.1) is 0 Å². The number of rotatable bonds is 2. The van der Waals surface area contributed by atoms with Crippen LogP contribution < -0.4 is 0 Å². The summed E-state index contributed by atoms with van der Waals surface area (Å²) in [5.74, 6) is -0.359. The van der Waals surface area contributed by atoms with E-state index in [0.717, 1.165) is 21.9 Å². The van der Waals surface area contributed by atoms with Gasteiger partial charge in [-0.05, 0) is 44.0 Å². The van der Waals surface area contributed by atoms with Gasteiger partial charge in [-0.15, -0.1) is 0 Å². The van der Waals surface area contributed by atoms with Gasteiger partial charge >= 0.3 is 0 Å². The van der Waals surface area contributed by atoms with Gasteiger partial charge in [0, 0.05) is 16.6 Å². The highest BCUT2D eigenvalue weighted by Crippen LogP contribution is 2.51. The molecule has 2 aliphatic rings. The van der Waals surface area contributed by atoms with Crippen LogP contribution in [-0.4, -0.2) is 32.5 Å². The zero-order valence-electron chi connectivity index (χ0n) is 15.0. The minimum absolute atomic E-state index is 0.00550. The van der Waals surface area contributed by atoms with Gasteiger partial charge in [0.05, 0.1) is 17.5 Å². The third-order valence-electron chi connectivity index (χ3n) is 5.53. The maximum absolute atomic E-state index is 6.34. The maximum Gasteiger partial charge on any atom is 0.163 e. The second-order valence-corrected chi connectivity index (χ2v) is 8.93. The normalized spacial score (nSPS) is 29.3. The summed E-state index contributed by atoms with van der Waals surface area (Å²) in [5.41, 5.74) is 2.09. The van der Waals surface area contributed by atoms with E-state index in [1.54, 1.807) is 0 Å². The van der Waals surface area contributed by atoms with Gasteiger partial charge in [0.2, 0.25) is 0 Å². The Labute approximate surface area is 170 Å². The molecule has 2 fully saturated rings. The third kappa shape index (κ3) is 2.90. The first-order chi connectivity index (χ1) is 12.9. The number of nitrogens with zero attached hydrogens (tertiary/aromatic N) is 3. The molecule has 1 aliphatic heterocycles. The van der Waals surface area contributed by atoms with Crippen LogP contribution >= 0.6 is 27.5 Å². The Morgan fingerprint density at radius 2 is 2.00 bits per heavy atom. The molecule has 1 saturated carbocycles. The van der Waals surface area contributed by atoms with Crippen molar-refractivity contribution in [1.29, 1.82) is 0 Å².